The highest BCUT2D eigenvalue weighted by atomic mass is 19.3. The zero-order valence-corrected chi connectivity index (χ0v) is 14.6. The van der Waals surface area contributed by atoms with Crippen LogP contribution in [0.25, 0.3) is 0 Å². The summed E-state index contributed by atoms with van der Waals surface area (Å²) in [6.07, 6.45) is 2.35. The molecule has 1 unspecified atom stereocenters. The van der Waals surface area contributed by atoms with Crippen molar-refractivity contribution in [2.75, 3.05) is 7.11 Å². The zero-order valence-electron chi connectivity index (χ0n) is 14.6. The first kappa shape index (κ1) is 19.0. The molecule has 3 rings (SSSR count). The van der Waals surface area contributed by atoms with E-state index in [2.05, 4.69) is 15.0 Å². The van der Waals surface area contributed by atoms with Crippen LogP contribution in [-0.4, -0.2) is 35.8 Å². The molecule has 0 radical (unpaired) electrons. The van der Waals surface area contributed by atoms with Gasteiger partial charge in [0.1, 0.15) is 5.75 Å². The fraction of sp³-hybridized carbons (Fsp3) is 0.368. The van der Waals surface area contributed by atoms with Crippen LogP contribution in [-0.2, 0) is 0 Å². The average Bonchev–Trinajstić information content (AvgIpc) is 2.63. The molecule has 1 aliphatic carbocycles. The molecule has 1 atom stereocenters. The van der Waals surface area contributed by atoms with E-state index in [9.17, 15) is 18.7 Å². The second kappa shape index (κ2) is 8.30. The predicted molar refractivity (Wildman–Crippen MR) is 92.8 cm³/mol. The number of pyridine rings is 1. The van der Waals surface area contributed by atoms with Crippen LogP contribution in [0.3, 0.4) is 0 Å². The second-order valence-corrected chi connectivity index (χ2v) is 6.38. The van der Waals surface area contributed by atoms with Gasteiger partial charge in [-0.1, -0.05) is 12.1 Å². The van der Waals surface area contributed by atoms with Crippen LogP contribution in [0.2, 0.25) is 0 Å². The van der Waals surface area contributed by atoms with Crippen LogP contribution < -0.4 is 14.8 Å². The minimum absolute atomic E-state index is 0.0552. The number of aliphatic hydroxyl groups excluding tert-OH is 1. The highest BCUT2D eigenvalue weighted by Gasteiger charge is 2.36. The number of hydrogen-bond acceptors (Lipinski definition) is 5. The molecule has 144 valence electrons. The van der Waals surface area contributed by atoms with Gasteiger partial charge < -0.3 is 19.9 Å². The molecule has 1 saturated carbocycles. The molecule has 0 spiro atoms. The van der Waals surface area contributed by atoms with Crippen LogP contribution >= 0.6 is 0 Å². The lowest BCUT2D eigenvalue weighted by Gasteiger charge is -2.38. The first-order valence-corrected chi connectivity index (χ1v) is 8.50. The van der Waals surface area contributed by atoms with Gasteiger partial charge in [-0.3, -0.25) is 4.79 Å². The molecular formula is C19H20F2N2O4. The molecule has 1 aliphatic rings. The van der Waals surface area contributed by atoms with Gasteiger partial charge in [0, 0.05) is 17.8 Å². The van der Waals surface area contributed by atoms with Gasteiger partial charge in [0.05, 0.1) is 19.3 Å². The van der Waals surface area contributed by atoms with E-state index in [4.69, 9.17) is 4.74 Å². The minimum atomic E-state index is -2.96. The van der Waals surface area contributed by atoms with Crippen molar-refractivity contribution in [3.8, 4) is 11.6 Å². The summed E-state index contributed by atoms with van der Waals surface area (Å²) >= 11 is 0. The van der Waals surface area contributed by atoms with Gasteiger partial charge in [-0.2, -0.15) is 8.78 Å². The van der Waals surface area contributed by atoms with E-state index < -0.39 is 12.5 Å². The van der Waals surface area contributed by atoms with E-state index in [-0.39, 0.29) is 29.4 Å². The number of hydrogen-bond donors (Lipinski definition) is 2. The van der Waals surface area contributed by atoms with E-state index in [0.29, 0.717) is 18.7 Å². The third kappa shape index (κ3) is 4.71. The number of methoxy groups -OCH3 is 1. The molecular weight excluding hydrogens is 358 g/mol. The monoisotopic (exact) mass is 378 g/mol. The standard InChI is InChI=1S/C19H20F2N2O4/c1-26-16-6-5-12(10-22-16)17(13-7-14(24)8-13)23-18(25)11-3-2-4-15(9-11)27-19(20)21/h2-6,9-10,13-14,17,19,24H,7-8H2,1H3,(H,23,25). The topological polar surface area (TPSA) is 80.7 Å². The smallest absolute Gasteiger partial charge is 0.387 e. The number of nitrogens with one attached hydrogen (secondary N) is 1. The summed E-state index contributed by atoms with van der Waals surface area (Å²) in [5, 5.41) is 12.5. The van der Waals surface area contributed by atoms with Crippen molar-refractivity contribution >= 4 is 5.91 Å². The average molecular weight is 378 g/mol. The molecule has 0 saturated heterocycles. The second-order valence-electron chi connectivity index (χ2n) is 6.38. The van der Waals surface area contributed by atoms with Gasteiger partial charge >= 0.3 is 6.61 Å². The van der Waals surface area contributed by atoms with Crippen molar-refractivity contribution in [1.82, 2.24) is 10.3 Å². The lowest BCUT2D eigenvalue weighted by molar-refractivity contribution is -0.0498. The molecule has 2 aromatic rings. The zero-order chi connectivity index (χ0) is 19.4. The normalized spacial score (nSPS) is 19.9. The Morgan fingerprint density at radius 3 is 2.67 bits per heavy atom. The fourth-order valence-electron chi connectivity index (χ4n) is 3.11. The summed E-state index contributed by atoms with van der Waals surface area (Å²) in [7, 11) is 1.51. The van der Waals surface area contributed by atoms with Gasteiger partial charge in [0.25, 0.3) is 5.91 Å². The number of rotatable bonds is 7. The maximum atomic E-state index is 12.7. The van der Waals surface area contributed by atoms with Crippen LogP contribution in [0.1, 0.15) is 34.8 Å². The van der Waals surface area contributed by atoms with E-state index in [0.717, 1.165) is 5.56 Å². The Bertz CT molecular complexity index is 780. The van der Waals surface area contributed by atoms with Crippen LogP contribution in [0, 0.1) is 5.92 Å². The van der Waals surface area contributed by atoms with Crippen molar-refractivity contribution in [2.24, 2.45) is 5.92 Å². The first-order chi connectivity index (χ1) is 13.0. The first-order valence-electron chi connectivity index (χ1n) is 8.50. The third-order valence-electron chi connectivity index (χ3n) is 4.56. The summed E-state index contributed by atoms with van der Waals surface area (Å²) in [5.74, 6) is 0.00488. The Kier molecular flexibility index (Phi) is 5.85. The van der Waals surface area contributed by atoms with Crippen LogP contribution in [0.4, 0.5) is 8.78 Å². The van der Waals surface area contributed by atoms with Crippen molar-refractivity contribution in [1.29, 1.82) is 0 Å². The highest BCUT2D eigenvalue weighted by Crippen LogP contribution is 2.38. The summed E-state index contributed by atoms with van der Waals surface area (Å²) in [6, 6.07) is 8.75. The molecule has 27 heavy (non-hydrogen) atoms. The number of carbonyl (C=O) groups excluding carboxylic acids is 1. The molecule has 0 bridgehead atoms. The Hall–Kier alpha value is -2.74. The number of amides is 1. The van der Waals surface area contributed by atoms with Crippen molar-refractivity contribution < 1.29 is 28.2 Å². The van der Waals surface area contributed by atoms with Gasteiger partial charge in [0.15, 0.2) is 0 Å². The van der Waals surface area contributed by atoms with E-state index >= 15 is 0 Å². The van der Waals surface area contributed by atoms with Gasteiger partial charge in [0.2, 0.25) is 5.88 Å². The van der Waals surface area contributed by atoms with Gasteiger partial charge in [-0.25, -0.2) is 4.98 Å². The quantitative estimate of drug-likeness (QED) is 0.774. The third-order valence-corrected chi connectivity index (χ3v) is 4.56. The molecule has 1 aromatic heterocycles. The molecule has 6 nitrogen and oxygen atoms in total. The Morgan fingerprint density at radius 2 is 2.07 bits per heavy atom. The summed E-state index contributed by atoms with van der Waals surface area (Å²) in [5.41, 5.74) is 0.987. The summed E-state index contributed by atoms with van der Waals surface area (Å²) < 4.78 is 34.1. The number of carbonyl (C=O) groups is 1. The molecule has 1 fully saturated rings. The molecule has 1 heterocycles. The number of aliphatic hydroxyl groups is 1. The molecule has 2 N–H and O–H groups in total. The number of alkyl halides is 2. The Morgan fingerprint density at radius 1 is 1.30 bits per heavy atom. The SMILES string of the molecule is COc1ccc(C(NC(=O)c2cccc(OC(F)F)c2)C2CC(O)C2)cn1. The molecule has 1 amide bonds. The molecule has 1 aromatic carbocycles. The van der Waals surface area contributed by atoms with E-state index in [1.807, 2.05) is 0 Å². The number of benzene rings is 1. The largest absolute Gasteiger partial charge is 0.481 e. The van der Waals surface area contributed by atoms with Crippen LogP contribution in [0.5, 0.6) is 11.6 Å². The maximum absolute atomic E-state index is 12.7. The van der Waals surface area contributed by atoms with E-state index in [1.54, 1.807) is 18.3 Å². The van der Waals surface area contributed by atoms with Crippen molar-refractivity contribution in [2.45, 2.75) is 31.6 Å². The highest BCUT2D eigenvalue weighted by molar-refractivity contribution is 5.94. The van der Waals surface area contributed by atoms with Gasteiger partial charge in [-0.15, -0.1) is 0 Å². The minimum Gasteiger partial charge on any atom is -0.481 e. The number of nitrogens with zero attached hydrogens (tertiary/aromatic N) is 1. The van der Waals surface area contributed by atoms with Gasteiger partial charge in [-0.05, 0) is 42.5 Å². The maximum Gasteiger partial charge on any atom is 0.387 e. The molecule has 8 heteroatoms. The van der Waals surface area contributed by atoms with E-state index in [1.165, 1.54) is 31.4 Å². The lowest BCUT2D eigenvalue weighted by atomic mass is 9.75. The summed E-state index contributed by atoms with van der Waals surface area (Å²) in [6.45, 7) is -2.96. The fourth-order valence-corrected chi connectivity index (χ4v) is 3.11. The number of ether oxygens (including phenoxy) is 2. The van der Waals surface area contributed by atoms with Crippen molar-refractivity contribution in [3.05, 3.63) is 53.7 Å². The molecule has 0 aliphatic heterocycles. The predicted octanol–water partition coefficient (Wildman–Crippen LogP) is 2.93. The number of halogens is 2. The van der Waals surface area contributed by atoms with Crippen molar-refractivity contribution in [3.63, 3.8) is 0 Å². The number of aromatic nitrogens is 1. The Labute approximate surface area is 155 Å². The van der Waals surface area contributed by atoms with Crippen LogP contribution in [0.15, 0.2) is 42.6 Å². The lowest BCUT2D eigenvalue weighted by Crippen LogP contribution is -2.41. The summed E-state index contributed by atoms with van der Waals surface area (Å²) in [4.78, 5) is 16.8. The Balaban J connectivity index is 1.78.